The van der Waals surface area contributed by atoms with E-state index in [2.05, 4.69) is 5.32 Å². The summed E-state index contributed by atoms with van der Waals surface area (Å²) in [6, 6.07) is 14.9. The van der Waals surface area contributed by atoms with Crippen LogP contribution in [0.4, 0.5) is 5.69 Å². The summed E-state index contributed by atoms with van der Waals surface area (Å²) in [7, 11) is 0. The van der Waals surface area contributed by atoms with Crippen molar-refractivity contribution in [3.8, 4) is 0 Å². The Morgan fingerprint density at radius 2 is 1.67 bits per heavy atom. The first-order valence-electron chi connectivity index (χ1n) is 8.02. The Morgan fingerprint density at radius 3 is 2.29 bits per heavy atom. The van der Waals surface area contributed by atoms with E-state index in [0.717, 1.165) is 16.8 Å². The second-order valence-electron chi connectivity index (χ2n) is 6.19. The van der Waals surface area contributed by atoms with Gasteiger partial charge in [-0.1, -0.05) is 56.3 Å². The van der Waals surface area contributed by atoms with Gasteiger partial charge in [-0.25, -0.2) is 0 Å². The van der Waals surface area contributed by atoms with Gasteiger partial charge in [-0.15, -0.1) is 0 Å². The predicted molar refractivity (Wildman–Crippen MR) is 94.7 cm³/mol. The number of carbonyl (C=O) groups excluding carboxylic acids is 2. The van der Waals surface area contributed by atoms with Crippen LogP contribution in [0.2, 0.25) is 0 Å². The van der Waals surface area contributed by atoms with E-state index in [1.165, 1.54) is 0 Å². The van der Waals surface area contributed by atoms with Crippen molar-refractivity contribution in [2.24, 2.45) is 5.92 Å². The number of hydrogen-bond donors (Lipinski definition) is 1. The number of esters is 1. The molecule has 2 rings (SSSR count). The molecule has 24 heavy (non-hydrogen) atoms. The first-order chi connectivity index (χ1) is 11.4. The van der Waals surface area contributed by atoms with Crippen molar-refractivity contribution in [2.75, 3.05) is 5.32 Å². The largest absolute Gasteiger partial charge is 0.447 e. The molecule has 126 valence electrons. The van der Waals surface area contributed by atoms with E-state index in [0.29, 0.717) is 5.56 Å². The average Bonchev–Trinajstić information content (AvgIpc) is 2.56. The lowest BCUT2D eigenvalue weighted by Gasteiger charge is -2.20. The fourth-order valence-electron chi connectivity index (χ4n) is 2.22. The smallest absolute Gasteiger partial charge is 0.309 e. The molecular formula is C20H23NO3. The summed E-state index contributed by atoms with van der Waals surface area (Å²) in [6.07, 6.45) is -0.971. The van der Waals surface area contributed by atoms with Crippen LogP contribution in [0.5, 0.6) is 0 Å². The molecule has 0 aliphatic carbocycles. The van der Waals surface area contributed by atoms with Crippen molar-refractivity contribution >= 4 is 17.6 Å². The number of rotatable bonds is 5. The Labute approximate surface area is 142 Å². The van der Waals surface area contributed by atoms with Crippen LogP contribution in [0.25, 0.3) is 0 Å². The number of nitrogens with one attached hydrogen (secondary N) is 1. The molecule has 0 saturated heterocycles. The Morgan fingerprint density at radius 1 is 1.00 bits per heavy atom. The summed E-state index contributed by atoms with van der Waals surface area (Å²) < 4.78 is 5.45. The first-order valence-corrected chi connectivity index (χ1v) is 8.02. The zero-order valence-electron chi connectivity index (χ0n) is 14.5. The third kappa shape index (κ3) is 4.44. The van der Waals surface area contributed by atoms with Crippen LogP contribution in [-0.4, -0.2) is 11.9 Å². The fraction of sp³-hybridized carbons (Fsp3) is 0.300. The summed E-state index contributed by atoms with van der Waals surface area (Å²) in [6.45, 7) is 7.37. The van der Waals surface area contributed by atoms with E-state index in [1.807, 2.05) is 50.2 Å². The molecule has 0 spiro atoms. The van der Waals surface area contributed by atoms with Crippen molar-refractivity contribution in [1.82, 2.24) is 0 Å². The number of aryl methyl sites for hydroxylation is 2. The topological polar surface area (TPSA) is 55.4 Å². The van der Waals surface area contributed by atoms with E-state index in [9.17, 15) is 9.59 Å². The van der Waals surface area contributed by atoms with Gasteiger partial charge in [0, 0.05) is 11.3 Å². The molecule has 0 heterocycles. The van der Waals surface area contributed by atoms with Crippen molar-refractivity contribution in [3.63, 3.8) is 0 Å². The Hall–Kier alpha value is -2.62. The minimum atomic E-state index is -0.971. The highest BCUT2D eigenvalue weighted by Crippen LogP contribution is 2.23. The van der Waals surface area contributed by atoms with Crippen LogP contribution in [0, 0.1) is 19.8 Å². The SMILES string of the molecule is Cc1ccc(C)c(NC(=O)[C@@H](OC(=O)C(C)C)c2ccccc2)c1. The van der Waals surface area contributed by atoms with E-state index in [-0.39, 0.29) is 11.8 Å². The normalized spacial score (nSPS) is 11.9. The molecule has 0 radical (unpaired) electrons. The summed E-state index contributed by atoms with van der Waals surface area (Å²) in [4.78, 5) is 24.7. The zero-order valence-corrected chi connectivity index (χ0v) is 14.5. The predicted octanol–water partition coefficient (Wildman–Crippen LogP) is 4.18. The maximum Gasteiger partial charge on any atom is 0.309 e. The van der Waals surface area contributed by atoms with Crippen LogP contribution < -0.4 is 5.32 Å². The van der Waals surface area contributed by atoms with E-state index in [1.54, 1.807) is 26.0 Å². The third-order valence-corrected chi connectivity index (χ3v) is 3.70. The molecule has 0 bridgehead atoms. The molecule has 1 amide bonds. The van der Waals surface area contributed by atoms with Gasteiger partial charge in [0.2, 0.25) is 6.10 Å². The highest BCUT2D eigenvalue weighted by molar-refractivity contribution is 5.96. The van der Waals surface area contributed by atoms with E-state index in [4.69, 9.17) is 4.74 Å². The van der Waals surface area contributed by atoms with Gasteiger partial charge in [0.15, 0.2) is 0 Å². The second-order valence-corrected chi connectivity index (χ2v) is 6.19. The van der Waals surface area contributed by atoms with Crippen molar-refractivity contribution < 1.29 is 14.3 Å². The van der Waals surface area contributed by atoms with Gasteiger partial charge in [-0.05, 0) is 31.0 Å². The summed E-state index contributed by atoms with van der Waals surface area (Å²) in [5.41, 5.74) is 3.37. The maximum absolute atomic E-state index is 12.7. The van der Waals surface area contributed by atoms with Gasteiger partial charge in [-0.2, -0.15) is 0 Å². The maximum atomic E-state index is 12.7. The standard InChI is InChI=1S/C20H23NO3/c1-13(2)20(23)24-18(16-8-6-5-7-9-16)19(22)21-17-12-14(3)10-11-15(17)4/h5-13,18H,1-4H3,(H,21,22)/t18-/m0/s1. The molecule has 0 unspecified atom stereocenters. The highest BCUT2D eigenvalue weighted by atomic mass is 16.5. The molecule has 0 saturated carbocycles. The highest BCUT2D eigenvalue weighted by Gasteiger charge is 2.26. The second kappa shape index (κ2) is 7.77. The van der Waals surface area contributed by atoms with Gasteiger partial charge in [0.05, 0.1) is 5.92 Å². The van der Waals surface area contributed by atoms with Crippen molar-refractivity contribution in [2.45, 2.75) is 33.8 Å². The van der Waals surface area contributed by atoms with Gasteiger partial charge < -0.3 is 10.1 Å². The van der Waals surface area contributed by atoms with Crippen LogP contribution >= 0.6 is 0 Å². The summed E-state index contributed by atoms with van der Waals surface area (Å²) in [5, 5.41) is 2.88. The molecule has 0 aliphatic rings. The van der Waals surface area contributed by atoms with E-state index < -0.39 is 12.1 Å². The van der Waals surface area contributed by atoms with Crippen molar-refractivity contribution in [1.29, 1.82) is 0 Å². The fourth-order valence-corrected chi connectivity index (χ4v) is 2.22. The number of hydrogen-bond acceptors (Lipinski definition) is 3. The van der Waals surface area contributed by atoms with Gasteiger partial charge in [0.1, 0.15) is 0 Å². The molecule has 4 nitrogen and oxygen atoms in total. The molecule has 2 aromatic rings. The van der Waals surface area contributed by atoms with Crippen molar-refractivity contribution in [3.05, 3.63) is 65.2 Å². The first kappa shape index (κ1) is 17.7. The minimum absolute atomic E-state index is 0.301. The Balaban J connectivity index is 2.27. The number of amides is 1. The molecule has 0 aliphatic heterocycles. The minimum Gasteiger partial charge on any atom is -0.447 e. The number of anilines is 1. The van der Waals surface area contributed by atoms with Crippen LogP contribution in [0.15, 0.2) is 48.5 Å². The molecule has 0 fully saturated rings. The Kier molecular flexibility index (Phi) is 5.74. The molecule has 4 heteroatoms. The number of carbonyl (C=O) groups is 2. The van der Waals surface area contributed by atoms with E-state index >= 15 is 0 Å². The Bertz CT molecular complexity index is 723. The lowest BCUT2D eigenvalue weighted by Crippen LogP contribution is -2.27. The summed E-state index contributed by atoms with van der Waals surface area (Å²) in [5.74, 6) is -1.06. The summed E-state index contributed by atoms with van der Waals surface area (Å²) >= 11 is 0. The van der Waals surface area contributed by atoms with Gasteiger partial charge >= 0.3 is 5.97 Å². The van der Waals surface area contributed by atoms with Gasteiger partial charge in [0.25, 0.3) is 5.91 Å². The lowest BCUT2D eigenvalue weighted by atomic mass is 10.1. The van der Waals surface area contributed by atoms with Crippen LogP contribution in [0.3, 0.4) is 0 Å². The quantitative estimate of drug-likeness (QED) is 0.839. The lowest BCUT2D eigenvalue weighted by molar-refractivity contribution is -0.157. The van der Waals surface area contributed by atoms with Crippen LogP contribution in [0.1, 0.15) is 36.6 Å². The van der Waals surface area contributed by atoms with Crippen LogP contribution in [-0.2, 0) is 14.3 Å². The molecular weight excluding hydrogens is 302 g/mol. The number of benzene rings is 2. The molecule has 0 aromatic heterocycles. The monoisotopic (exact) mass is 325 g/mol. The third-order valence-electron chi connectivity index (χ3n) is 3.70. The molecule has 1 N–H and O–H groups in total. The molecule has 1 atom stereocenters. The zero-order chi connectivity index (χ0) is 17.7. The number of ether oxygens (including phenoxy) is 1. The molecule has 2 aromatic carbocycles. The van der Waals surface area contributed by atoms with Gasteiger partial charge in [-0.3, -0.25) is 9.59 Å². The average molecular weight is 325 g/mol.